The summed E-state index contributed by atoms with van der Waals surface area (Å²) in [4.78, 5) is 15.8. The van der Waals surface area contributed by atoms with Gasteiger partial charge in [0.25, 0.3) is 5.91 Å². The molecule has 0 aliphatic heterocycles. The van der Waals surface area contributed by atoms with Crippen molar-refractivity contribution >= 4 is 17.2 Å². The largest absolute Gasteiger partial charge is 0.350 e. The number of hydrogen-bond acceptors (Lipinski definition) is 3. The summed E-state index contributed by atoms with van der Waals surface area (Å²) in [5.41, 5.74) is 0. The van der Waals surface area contributed by atoms with E-state index in [4.69, 9.17) is 0 Å². The van der Waals surface area contributed by atoms with Crippen LogP contribution in [0.2, 0.25) is 0 Å². The van der Waals surface area contributed by atoms with Gasteiger partial charge in [-0.1, -0.05) is 6.92 Å². The Bertz CT molecular complexity index is 320. The summed E-state index contributed by atoms with van der Waals surface area (Å²) in [7, 11) is 3.99. The first-order valence-electron chi connectivity index (χ1n) is 5.15. The van der Waals surface area contributed by atoms with E-state index in [1.807, 2.05) is 31.1 Å². The van der Waals surface area contributed by atoms with E-state index in [2.05, 4.69) is 12.2 Å². The molecule has 0 fully saturated rings. The first-order chi connectivity index (χ1) is 7.13. The van der Waals surface area contributed by atoms with Crippen LogP contribution in [0.1, 0.15) is 21.5 Å². The molecule has 4 heteroatoms. The molecule has 1 aromatic rings. The zero-order valence-corrected chi connectivity index (χ0v) is 10.4. The smallest absolute Gasteiger partial charge is 0.261 e. The van der Waals surface area contributed by atoms with Crippen LogP contribution in [0, 0.1) is 0 Å². The molecule has 0 spiro atoms. The van der Waals surface area contributed by atoms with Crippen molar-refractivity contribution < 1.29 is 4.79 Å². The molecule has 1 rings (SSSR count). The molecule has 0 saturated heterocycles. The summed E-state index contributed by atoms with van der Waals surface area (Å²) < 4.78 is 0. The number of carbonyl (C=O) groups is 1. The average molecular weight is 226 g/mol. The van der Waals surface area contributed by atoms with Gasteiger partial charge in [0.15, 0.2) is 0 Å². The molecular formula is C11H18N2OS. The Morgan fingerprint density at radius 2 is 2.20 bits per heavy atom. The third kappa shape index (κ3) is 4.01. The fraction of sp³-hybridized carbons (Fsp3) is 0.545. The van der Waals surface area contributed by atoms with Gasteiger partial charge in [0.2, 0.25) is 0 Å². The summed E-state index contributed by atoms with van der Waals surface area (Å²) >= 11 is 1.57. The van der Waals surface area contributed by atoms with Crippen LogP contribution in [0.3, 0.4) is 0 Å². The van der Waals surface area contributed by atoms with Crippen molar-refractivity contribution in [2.45, 2.75) is 13.3 Å². The molecule has 0 aliphatic carbocycles. The quantitative estimate of drug-likeness (QED) is 0.827. The molecule has 0 radical (unpaired) electrons. The first kappa shape index (κ1) is 12.2. The van der Waals surface area contributed by atoms with E-state index in [-0.39, 0.29) is 5.91 Å². The maximum atomic E-state index is 11.6. The van der Waals surface area contributed by atoms with E-state index in [1.54, 1.807) is 11.3 Å². The van der Waals surface area contributed by atoms with Crippen LogP contribution in [-0.4, -0.2) is 38.0 Å². The Hall–Kier alpha value is -0.870. The van der Waals surface area contributed by atoms with Gasteiger partial charge in [0, 0.05) is 18.0 Å². The molecule has 0 bridgehead atoms. The van der Waals surface area contributed by atoms with E-state index >= 15 is 0 Å². The number of aryl methyl sites for hydroxylation is 1. The molecule has 1 heterocycles. The van der Waals surface area contributed by atoms with Crippen molar-refractivity contribution in [1.82, 2.24) is 10.2 Å². The lowest BCUT2D eigenvalue weighted by Crippen LogP contribution is -2.30. The van der Waals surface area contributed by atoms with Crippen molar-refractivity contribution in [3.05, 3.63) is 21.9 Å². The molecule has 0 aromatic carbocycles. The number of thiophene rings is 1. The van der Waals surface area contributed by atoms with Crippen molar-refractivity contribution in [3.8, 4) is 0 Å². The van der Waals surface area contributed by atoms with Gasteiger partial charge in [0.05, 0.1) is 4.88 Å². The van der Waals surface area contributed by atoms with E-state index in [0.717, 1.165) is 17.8 Å². The second-order valence-electron chi connectivity index (χ2n) is 3.68. The van der Waals surface area contributed by atoms with Crippen LogP contribution in [0.15, 0.2) is 12.1 Å². The Morgan fingerprint density at radius 3 is 2.73 bits per heavy atom. The van der Waals surface area contributed by atoms with Gasteiger partial charge in [0.1, 0.15) is 0 Å². The normalized spacial score (nSPS) is 10.7. The van der Waals surface area contributed by atoms with Gasteiger partial charge in [-0.25, -0.2) is 0 Å². The van der Waals surface area contributed by atoms with E-state index in [1.165, 1.54) is 4.88 Å². The van der Waals surface area contributed by atoms with Crippen LogP contribution in [0.5, 0.6) is 0 Å². The SMILES string of the molecule is CCc1ccc(C(=O)NCCN(C)C)s1. The molecule has 0 saturated carbocycles. The number of rotatable bonds is 5. The third-order valence-electron chi connectivity index (χ3n) is 2.08. The Morgan fingerprint density at radius 1 is 1.47 bits per heavy atom. The van der Waals surface area contributed by atoms with Gasteiger partial charge in [-0.2, -0.15) is 0 Å². The number of hydrogen-bond donors (Lipinski definition) is 1. The Labute approximate surface area is 95.1 Å². The lowest BCUT2D eigenvalue weighted by atomic mass is 10.3. The zero-order chi connectivity index (χ0) is 11.3. The first-order valence-corrected chi connectivity index (χ1v) is 5.96. The fourth-order valence-corrected chi connectivity index (χ4v) is 2.03. The van der Waals surface area contributed by atoms with Crippen LogP contribution >= 0.6 is 11.3 Å². The lowest BCUT2D eigenvalue weighted by molar-refractivity contribution is 0.0955. The van der Waals surface area contributed by atoms with E-state index in [0.29, 0.717) is 6.54 Å². The summed E-state index contributed by atoms with van der Waals surface area (Å²) in [5.74, 6) is 0.0431. The molecule has 84 valence electrons. The number of nitrogens with one attached hydrogen (secondary N) is 1. The average Bonchev–Trinajstić information content (AvgIpc) is 2.65. The number of likely N-dealkylation sites (N-methyl/N-ethyl adjacent to an activating group) is 1. The highest BCUT2D eigenvalue weighted by molar-refractivity contribution is 7.14. The molecule has 0 atom stereocenters. The monoisotopic (exact) mass is 226 g/mol. The topological polar surface area (TPSA) is 32.3 Å². The molecule has 0 unspecified atom stereocenters. The third-order valence-corrected chi connectivity index (χ3v) is 3.31. The molecule has 0 aliphatic rings. The number of carbonyl (C=O) groups excluding carboxylic acids is 1. The van der Waals surface area contributed by atoms with Crippen LogP contribution in [0.25, 0.3) is 0 Å². The standard InChI is InChI=1S/C11H18N2OS/c1-4-9-5-6-10(15-9)11(14)12-7-8-13(2)3/h5-6H,4,7-8H2,1-3H3,(H,12,14). The summed E-state index contributed by atoms with van der Waals surface area (Å²) in [6, 6.07) is 3.92. The van der Waals surface area contributed by atoms with Crippen molar-refractivity contribution in [1.29, 1.82) is 0 Å². The van der Waals surface area contributed by atoms with Crippen molar-refractivity contribution in [3.63, 3.8) is 0 Å². The summed E-state index contributed by atoms with van der Waals surface area (Å²) in [6.07, 6.45) is 0.996. The highest BCUT2D eigenvalue weighted by atomic mass is 32.1. The highest BCUT2D eigenvalue weighted by Crippen LogP contribution is 2.16. The molecule has 1 aromatic heterocycles. The molecule has 15 heavy (non-hydrogen) atoms. The van der Waals surface area contributed by atoms with Crippen LogP contribution < -0.4 is 5.32 Å². The van der Waals surface area contributed by atoms with Crippen LogP contribution in [-0.2, 0) is 6.42 Å². The van der Waals surface area contributed by atoms with Crippen molar-refractivity contribution in [2.75, 3.05) is 27.2 Å². The molecule has 1 N–H and O–H groups in total. The summed E-state index contributed by atoms with van der Waals surface area (Å²) in [5, 5.41) is 2.90. The second-order valence-corrected chi connectivity index (χ2v) is 4.85. The number of nitrogens with zero attached hydrogens (tertiary/aromatic N) is 1. The van der Waals surface area contributed by atoms with Crippen molar-refractivity contribution in [2.24, 2.45) is 0 Å². The minimum atomic E-state index is 0.0431. The van der Waals surface area contributed by atoms with Gasteiger partial charge in [-0.05, 0) is 32.6 Å². The fourth-order valence-electron chi connectivity index (χ4n) is 1.17. The maximum Gasteiger partial charge on any atom is 0.261 e. The van der Waals surface area contributed by atoms with E-state index < -0.39 is 0 Å². The van der Waals surface area contributed by atoms with Gasteiger partial charge in [-0.15, -0.1) is 11.3 Å². The maximum absolute atomic E-state index is 11.6. The van der Waals surface area contributed by atoms with Gasteiger partial charge >= 0.3 is 0 Å². The molecule has 3 nitrogen and oxygen atoms in total. The Balaban J connectivity index is 2.40. The highest BCUT2D eigenvalue weighted by Gasteiger charge is 2.07. The predicted octanol–water partition coefficient (Wildman–Crippen LogP) is 1.60. The predicted molar refractivity (Wildman–Crippen MR) is 64.6 cm³/mol. The minimum Gasteiger partial charge on any atom is -0.350 e. The minimum absolute atomic E-state index is 0.0431. The zero-order valence-electron chi connectivity index (χ0n) is 9.54. The van der Waals surface area contributed by atoms with Crippen LogP contribution in [0.4, 0.5) is 0 Å². The van der Waals surface area contributed by atoms with Gasteiger partial charge in [-0.3, -0.25) is 4.79 Å². The lowest BCUT2D eigenvalue weighted by Gasteiger charge is -2.09. The number of amides is 1. The van der Waals surface area contributed by atoms with Gasteiger partial charge < -0.3 is 10.2 Å². The second kappa shape index (κ2) is 5.88. The van der Waals surface area contributed by atoms with E-state index in [9.17, 15) is 4.79 Å². The Kier molecular flexibility index (Phi) is 4.78. The molecule has 1 amide bonds. The summed E-state index contributed by atoms with van der Waals surface area (Å²) in [6.45, 7) is 3.67. The molecular weight excluding hydrogens is 208 g/mol.